The fraction of sp³-hybridized carbons (Fsp3) is 0.357. The molecule has 2 N–H and O–H groups in total. The van der Waals surface area contributed by atoms with Crippen LogP contribution in [0.4, 0.5) is 0 Å². The summed E-state index contributed by atoms with van der Waals surface area (Å²) in [6, 6.07) is 6.72. The number of benzene rings is 1. The molecule has 0 aliphatic heterocycles. The molecule has 0 saturated carbocycles. The van der Waals surface area contributed by atoms with Crippen molar-refractivity contribution in [1.82, 2.24) is 0 Å². The van der Waals surface area contributed by atoms with Gasteiger partial charge in [0.25, 0.3) is 0 Å². The highest BCUT2D eigenvalue weighted by molar-refractivity contribution is 5.86. The number of carbonyl (C=O) groups excluding carboxylic acids is 1. The highest BCUT2D eigenvalue weighted by atomic mass is 16.5. The molecule has 0 bridgehead atoms. The van der Waals surface area contributed by atoms with E-state index in [0.717, 1.165) is 5.56 Å². The highest BCUT2D eigenvalue weighted by Crippen LogP contribution is 2.20. The van der Waals surface area contributed by atoms with E-state index in [1.807, 2.05) is 0 Å². The summed E-state index contributed by atoms with van der Waals surface area (Å²) >= 11 is 0. The van der Waals surface area contributed by atoms with Gasteiger partial charge in [-0.1, -0.05) is 29.4 Å². The van der Waals surface area contributed by atoms with Crippen molar-refractivity contribution in [3.8, 4) is 0 Å². The zero-order valence-electron chi connectivity index (χ0n) is 11.6. The summed E-state index contributed by atoms with van der Waals surface area (Å²) < 4.78 is 4.48. The van der Waals surface area contributed by atoms with Gasteiger partial charge in [0.15, 0.2) is 0 Å². The Morgan fingerprint density at radius 1 is 1.43 bits per heavy atom. The molecule has 1 rings (SSSR count). The minimum atomic E-state index is -1.06. The normalized spacial score (nSPS) is 13.5. The zero-order valence-corrected chi connectivity index (χ0v) is 11.6. The first-order chi connectivity index (χ1) is 10.1. The molecule has 1 aromatic carbocycles. The number of azide groups is 1. The van der Waals surface area contributed by atoms with E-state index in [1.165, 1.54) is 13.2 Å². The molecule has 0 spiro atoms. The Bertz CT molecular complexity index is 536. The van der Waals surface area contributed by atoms with Crippen LogP contribution in [0.25, 0.3) is 16.5 Å². The summed E-state index contributed by atoms with van der Waals surface area (Å²) in [6.45, 7) is 0.120. The van der Waals surface area contributed by atoms with Crippen LogP contribution in [0.3, 0.4) is 0 Å². The van der Waals surface area contributed by atoms with Crippen molar-refractivity contribution < 1.29 is 19.7 Å². The van der Waals surface area contributed by atoms with Gasteiger partial charge >= 0.3 is 5.97 Å². The molecule has 0 aliphatic carbocycles. The molecular weight excluding hydrogens is 274 g/mol. The van der Waals surface area contributed by atoms with Crippen LogP contribution < -0.4 is 0 Å². The van der Waals surface area contributed by atoms with Crippen molar-refractivity contribution in [3.05, 3.63) is 51.9 Å². The van der Waals surface area contributed by atoms with E-state index < -0.39 is 18.2 Å². The first kappa shape index (κ1) is 16.7. The summed E-state index contributed by atoms with van der Waals surface area (Å²) in [5, 5.41) is 23.0. The molecule has 0 amide bonds. The molecule has 2 unspecified atom stereocenters. The number of aliphatic hydroxyl groups excluding tert-OH is 2. The van der Waals surface area contributed by atoms with E-state index in [2.05, 4.69) is 14.8 Å². The molecule has 2 atom stereocenters. The highest BCUT2D eigenvalue weighted by Gasteiger charge is 2.17. The third kappa shape index (κ3) is 5.66. The van der Waals surface area contributed by atoms with Crippen molar-refractivity contribution in [2.24, 2.45) is 5.11 Å². The van der Waals surface area contributed by atoms with Gasteiger partial charge in [0, 0.05) is 17.5 Å². The van der Waals surface area contributed by atoms with Crippen molar-refractivity contribution in [2.45, 2.75) is 18.6 Å². The summed E-state index contributed by atoms with van der Waals surface area (Å²) in [5.41, 5.74) is 9.45. The zero-order chi connectivity index (χ0) is 15.7. The first-order valence-electron chi connectivity index (χ1n) is 6.31. The number of methoxy groups -OCH3 is 1. The first-order valence-corrected chi connectivity index (χ1v) is 6.31. The van der Waals surface area contributed by atoms with Gasteiger partial charge in [-0.25, -0.2) is 4.79 Å². The Kier molecular flexibility index (Phi) is 6.97. The largest absolute Gasteiger partial charge is 0.466 e. The van der Waals surface area contributed by atoms with Crippen LogP contribution in [-0.4, -0.2) is 35.9 Å². The van der Waals surface area contributed by atoms with E-state index >= 15 is 0 Å². The van der Waals surface area contributed by atoms with Gasteiger partial charge in [-0.05, 0) is 29.2 Å². The molecule has 0 heterocycles. The summed E-state index contributed by atoms with van der Waals surface area (Å²) in [6.07, 6.45) is 0.986. The summed E-state index contributed by atoms with van der Waals surface area (Å²) in [5.74, 6) is -0.451. The maximum Gasteiger partial charge on any atom is 0.330 e. The third-order valence-corrected chi connectivity index (χ3v) is 2.84. The van der Waals surface area contributed by atoms with Crippen LogP contribution >= 0.6 is 0 Å². The average Bonchev–Trinajstić information content (AvgIpc) is 2.52. The maximum atomic E-state index is 11.0. The van der Waals surface area contributed by atoms with E-state index in [9.17, 15) is 15.0 Å². The number of ether oxygens (including phenoxy) is 1. The summed E-state index contributed by atoms with van der Waals surface area (Å²) in [7, 11) is 1.30. The molecule has 0 aliphatic rings. The van der Waals surface area contributed by atoms with E-state index in [4.69, 9.17) is 5.53 Å². The number of esters is 1. The molecule has 0 saturated heterocycles. The quantitative estimate of drug-likeness (QED) is 0.262. The molecule has 21 heavy (non-hydrogen) atoms. The third-order valence-electron chi connectivity index (χ3n) is 2.84. The number of rotatable bonds is 7. The Hall–Kier alpha value is -2.34. The smallest absolute Gasteiger partial charge is 0.330 e. The van der Waals surface area contributed by atoms with Gasteiger partial charge in [0.05, 0.1) is 13.2 Å². The second-order valence-electron chi connectivity index (χ2n) is 4.28. The fourth-order valence-electron chi connectivity index (χ4n) is 1.65. The molecule has 112 valence electrons. The molecule has 0 radical (unpaired) electrons. The number of nitrogens with zero attached hydrogens (tertiary/aromatic N) is 3. The number of aliphatic hydroxyl groups is 2. The van der Waals surface area contributed by atoms with Crippen molar-refractivity contribution in [1.29, 1.82) is 0 Å². The lowest BCUT2D eigenvalue weighted by molar-refractivity contribution is -0.134. The average molecular weight is 291 g/mol. The second-order valence-corrected chi connectivity index (χ2v) is 4.28. The van der Waals surface area contributed by atoms with Crippen molar-refractivity contribution >= 4 is 12.0 Å². The molecule has 7 nitrogen and oxygen atoms in total. The molecule has 7 heteroatoms. The van der Waals surface area contributed by atoms with Gasteiger partial charge in [0.2, 0.25) is 0 Å². The van der Waals surface area contributed by atoms with Crippen LogP contribution in [0, 0.1) is 0 Å². The van der Waals surface area contributed by atoms with Crippen LogP contribution in [0.2, 0.25) is 0 Å². The fourth-order valence-corrected chi connectivity index (χ4v) is 1.65. The van der Waals surface area contributed by atoms with Crippen LogP contribution in [0.15, 0.2) is 35.5 Å². The number of hydrogen-bond acceptors (Lipinski definition) is 5. The monoisotopic (exact) mass is 291 g/mol. The lowest BCUT2D eigenvalue weighted by Gasteiger charge is -2.17. The minimum Gasteiger partial charge on any atom is -0.466 e. The van der Waals surface area contributed by atoms with Crippen LogP contribution in [-0.2, 0) is 9.53 Å². The van der Waals surface area contributed by atoms with Gasteiger partial charge < -0.3 is 14.9 Å². The Morgan fingerprint density at radius 3 is 2.67 bits per heavy atom. The van der Waals surface area contributed by atoms with Crippen molar-refractivity contribution in [3.63, 3.8) is 0 Å². The van der Waals surface area contributed by atoms with E-state index in [0.29, 0.717) is 5.56 Å². The van der Waals surface area contributed by atoms with Crippen LogP contribution in [0.1, 0.15) is 23.7 Å². The lowest BCUT2D eigenvalue weighted by Crippen LogP contribution is -2.19. The van der Waals surface area contributed by atoms with Crippen LogP contribution in [0.5, 0.6) is 0 Å². The number of carbonyl (C=O) groups is 1. The van der Waals surface area contributed by atoms with Gasteiger partial charge in [0.1, 0.15) is 6.10 Å². The predicted molar refractivity (Wildman–Crippen MR) is 77.1 cm³/mol. The second kappa shape index (κ2) is 8.76. The Morgan fingerprint density at radius 2 is 2.10 bits per heavy atom. The van der Waals surface area contributed by atoms with Gasteiger partial charge in [-0.3, -0.25) is 0 Å². The number of hydrogen-bond donors (Lipinski definition) is 2. The molecule has 0 fully saturated rings. The maximum absolute atomic E-state index is 11.0. The topological polar surface area (TPSA) is 116 Å². The Balaban J connectivity index is 2.66. The minimum absolute atomic E-state index is 0.120. The molecular formula is C14H17N3O4. The lowest BCUT2D eigenvalue weighted by atomic mass is 10.0. The molecule has 0 aromatic heterocycles. The van der Waals surface area contributed by atoms with Gasteiger partial charge in [-0.15, -0.1) is 0 Å². The van der Waals surface area contributed by atoms with Crippen molar-refractivity contribution in [2.75, 3.05) is 13.7 Å². The predicted octanol–water partition coefficient (Wildman–Crippen LogP) is 1.97. The SMILES string of the molecule is COC(=O)/C=C/c1ccc(C(O)C(O)CCN=[N+]=[N-])cc1. The summed E-state index contributed by atoms with van der Waals surface area (Å²) in [4.78, 5) is 13.5. The van der Waals surface area contributed by atoms with E-state index in [-0.39, 0.29) is 13.0 Å². The Labute approximate surface area is 122 Å². The van der Waals surface area contributed by atoms with E-state index in [1.54, 1.807) is 30.3 Å². The standard InChI is InChI=1S/C14H17N3O4/c1-21-13(19)7-4-10-2-5-11(6-3-10)14(20)12(18)8-9-16-17-15/h2-7,12,14,18,20H,8-9H2,1H3/b7-4+. The van der Waals surface area contributed by atoms with Gasteiger partial charge in [-0.2, -0.15) is 0 Å². The molecule has 1 aromatic rings.